The van der Waals surface area contributed by atoms with E-state index < -0.39 is 0 Å². The summed E-state index contributed by atoms with van der Waals surface area (Å²) >= 11 is 0. The molecule has 100 valence electrons. The van der Waals surface area contributed by atoms with Gasteiger partial charge < -0.3 is 9.47 Å². The van der Waals surface area contributed by atoms with Crippen LogP contribution < -0.4 is 0 Å². The summed E-state index contributed by atoms with van der Waals surface area (Å²) in [6, 6.07) is 17.4. The Hall–Kier alpha value is -2.55. The minimum atomic E-state index is -0.388. The summed E-state index contributed by atoms with van der Waals surface area (Å²) in [6.07, 6.45) is 1.41. The van der Waals surface area contributed by atoms with Crippen molar-refractivity contribution in [3.8, 4) is 0 Å². The van der Waals surface area contributed by atoms with Gasteiger partial charge >= 0.3 is 5.97 Å². The van der Waals surface area contributed by atoms with Crippen molar-refractivity contribution < 1.29 is 14.3 Å². The summed E-state index contributed by atoms with van der Waals surface area (Å²) < 4.78 is 10.7. The fourth-order valence-electron chi connectivity index (χ4n) is 2.12. The van der Waals surface area contributed by atoms with Gasteiger partial charge in [-0.05, 0) is 5.56 Å². The lowest BCUT2D eigenvalue weighted by Gasteiger charge is -2.03. The number of carbonyl (C=O) groups is 1. The summed E-state index contributed by atoms with van der Waals surface area (Å²) in [5.41, 5.74) is 3.02. The molecule has 2 aromatic rings. The molecule has 1 aliphatic rings. The Morgan fingerprint density at radius 2 is 1.85 bits per heavy atom. The van der Waals surface area contributed by atoms with Crippen LogP contribution in [0.3, 0.4) is 0 Å². The largest absolute Gasteiger partial charge is 0.488 e. The molecule has 0 aromatic heterocycles. The van der Waals surface area contributed by atoms with Crippen LogP contribution in [0.4, 0.5) is 0 Å². The van der Waals surface area contributed by atoms with Gasteiger partial charge in [0.25, 0.3) is 0 Å². The Bertz CT molecular complexity index is 644. The first-order valence-corrected chi connectivity index (χ1v) is 6.46. The maximum atomic E-state index is 11.8. The molecule has 0 amide bonds. The first-order valence-electron chi connectivity index (χ1n) is 6.46. The number of fused-ring (bicyclic) bond motifs is 1. The second-order valence-electron chi connectivity index (χ2n) is 4.55. The van der Waals surface area contributed by atoms with Gasteiger partial charge in [-0.3, -0.25) is 0 Å². The molecule has 3 heteroatoms. The van der Waals surface area contributed by atoms with Crippen LogP contribution in [0.1, 0.15) is 16.7 Å². The highest BCUT2D eigenvalue weighted by Crippen LogP contribution is 2.29. The van der Waals surface area contributed by atoms with Crippen LogP contribution in [0.25, 0.3) is 5.76 Å². The van der Waals surface area contributed by atoms with Crippen LogP contribution in [-0.2, 0) is 27.5 Å². The SMILES string of the molecule is O=C(/C=C1\OCc2ccccc21)OCc1ccccc1. The number of esters is 1. The van der Waals surface area contributed by atoms with E-state index in [4.69, 9.17) is 9.47 Å². The van der Waals surface area contributed by atoms with E-state index in [0.717, 1.165) is 16.7 Å². The van der Waals surface area contributed by atoms with Gasteiger partial charge in [0.15, 0.2) is 0 Å². The van der Waals surface area contributed by atoms with Crippen molar-refractivity contribution in [2.24, 2.45) is 0 Å². The Morgan fingerprint density at radius 3 is 2.70 bits per heavy atom. The smallest absolute Gasteiger partial charge is 0.334 e. The average molecular weight is 266 g/mol. The van der Waals surface area contributed by atoms with Crippen molar-refractivity contribution in [3.63, 3.8) is 0 Å². The average Bonchev–Trinajstić information content (AvgIpc) is 2.90. The van der Waals surface area contributed by atoms with Gasteiger partial charge in [0.05, 0.1) is 6.08 Å². The van der Waals surface area contributed by atoms with E-state index in [-0.39, 0.29) is 12.6 Å². The van der Waals surface area contributed by atoms with Gasteiger partial charge in [-0.1, -0.05) is 54.6 Å². The lowest BCUT2D eigenvalue weighted by molar-refractivity contribution is -0.139. The molecule has 0 saturated heterocycles. The van der Waals surface area contributed by atoms with Crippen LogP contribution in [0.5, 0.6) is 0 Å². The van der Waals surface area contributed by atoms with E-state index in [9.17, 15) is 4.79 Å². The zero-order valence-electron chi connectivity index (χ0n) is 10.9. The summed E-state index contributed by atoms with van der Waals surface area (Å²) in [4.78, 5) is 11.8. The predicted octanol–water partition coefficient (Wildman–Crippen LogP) is 3.30. The van der Waals surface area contributed by atoms with Crippen LogP contribution in [0, 0.1) is 0 Å². The van der Waals surface area contributed by atoms with Gasteiger partial charge in [0, 0.05) is 11.1 Å². The van der Waals surface area contributed by atoms with Crippen molar-refractivity contribution in [2.45, 2.75) is 13.2 Å². The third-order valence-electron chi connectivity index (χ3n) is 3.14. The van der Waals surface area contributed by atoms with E-state index in [0.29, 0.717) is 12.4 Å². The second-order valence-corrected chi connectivity index (χ2v) is 4.55. The first-order chi connectivity index (χ1) is 9.83. The summed E-state index contributed by atoms with van der Waals surface area (Å²) in [5, 5.41) is 0. The molecule has 2 aromatic carbocycles. The van der Waals surface area contributed by atoms with Gasteiger partial charge in [-0.25, -0.2) is 4.79 Å². The van der Waals surface area contributed by atoms with E-state index in [1.165, 1.54) is 6.08 Å². The predicted molar refractivity (Wildman–Crippen MR) is 75.4 cm³/mol. The van der Waals surface area contributed by atoms with E-state index in [2.05, 4.69) is 0 Å². The quantitative estimate of drug-likeness (QED) is 0.631. The molecule has 1 heterocycles. The highest BCUT2D eigenvalue weighted by molar-refractivity contribution is 5.90. The minimum Gasteiger partial charge on any atom is -0.488 e. The Kier molecular flexibility index (Phi) is 3.50. The molecule has 20 heavy (non-hydrogen) atoms. The highest BCUT2D eigenvalue weighted by atomic mass is 16.5. The third-order valence-corrected chi connectivity index (χ3v) is 3.14. The van der Waals surface area contributed by atoms with Crippen LogP contribution in [-0.4, -0.2) is 5.97 Å². The molecule has 1 aliphatic heterocycles. The highest BCUT2D eigenvalue weighted by Gasteiger charge is 2.18. The molecule has 0 fully saturated rings. The Labute approximate surface area is 117 Å². The second kappa shape index (κ2) is 5.61. The normalized spacial score (nSPS) is 14.7. The molecule has 0 N–H and O–H groups in total. The van der Waals surface area contributed by atoms with E-state index in [1.54, 1.807) is 0 Å². The molecule has 0 saturated carbocycles. The van der Waals surface area contributed by atoms with Crippen LogP contribution in [0.15, 0.2) is 60.7 Å². The number of hydrogen-bond donors (Lipinski definition) is 0. The number of rotatable bonds is 3. The standard InChI is InChI=1S/C17H14O3/c18-17(20-11-13-6-2-1-3-7-13)10-16-15-9-5-4-8-14(15)12-19-16/h1-10H,11-12H2/b16-10-. The summed E-state index contributed by atoms with van der Waals surface area (Å²) in [6.45, 7) is 0.777. The number of benzene rings is 2. The molecule has 0 unspecified atom stereocenters. The van der Waals surface area contributed by atoms with Crippen molar-refractivity contribution in [1.82, 2.24) is 0 Å². The van der Waals surface area contributed by atoms with Crippen molar-refractivity contribution in [3.05, 3.63) is 77.4 Å². The zero-order valence-corrected chi connectivity index (χ0v) is 10.9. The van der Waals surface area contributed by atoms with Gasteiger partial charge in [-0.2, -0.15) is 0 Å². The van der Waals surface area contributed by atoms with Gasteiger partial charge in [-0.15, -0.1) is 0 Å². The number of hydrogen-bond acceptors (Lipinski definition) is 3. The molecule has 0 aliphatic carbocycles. The topological polar surface area (TPSA) is 35.5 Å². The van der Waals surface area contributed by atoms with Crippen LogP contribution in [0.2, 0.25) is 0 Å². The lowest BCUT2D eigenvalue weighted by atomic mass is 10.1. The van der Waals surface area contributed by atoms with Gasteiger partial charge in [0.1, 0.15) is 19.0 Å². The van der Waals surface area contributed by atoms with Crippen LogP contribution >= 0.6 is 0 Å². The zero-order chi connectivity index (χ0) is 13.8. The van der Waals surface area contributed by atoms with Crippen molar-refractivity contribution in [1.29, 1.82) is 0 Å². The third kappa shape index (κ3) is 2.72. The summed E-state index contributed by atoms with van der Waals surface area (Å²) in [5.74, 6) is 0.194. The maximum absolute atomic E-state index is 11.8. The molecule has 0 bridgehead atoms. The molecule has 0 atom stereocenters. The number of carbonyl (C=O) groups excluding carboxylic acids is 1. The molecule has 3 nitrogen and oxygen atoms in total. The van der Waals surface area contributed by atoms with Crippen molar-refractivity contribution >= 4 is 11.7 Å². The van der Waals surface area contributed by atoms with Gasteiger partial charge in [0.2, 0.25) is 0 Å². The lowest BCUT2D eigenvalue weighted by Crippen LogP contribution is -2.02. The first kappa shape index (κ1) is 12.5. The monoisotopic (exact) mass is 266 g/mol. The molecular weight excluding hydrogens is 252 g/mol. The summed E-state index contributed by atoms with van der Waals surface area (Å²) in [7, 11) is 0. The molecule has 0 spiro atoms. The maximum Gasteiger partial charge on any atom is 0.334 e. The molecule has 3 rings (SSSR count). The fraction of sp³-hybridized carbons (Fsp3) is 0.118. The fourth-order valence-corrected chi connectivity index (χ4v) is 2.12. The number of ether oxygens (including phenoxy) is 2. The molecular formula is C17H14O3. The Balaban J connectivity index is 1.66. The van der Waals surface area contributed by atoms with Crippen molar-refractivity contribution in [2.75, 3.05) is 0 Å². The van der Waals surface area contributed by atoms with E-state index in [1.807, 2.05) is 54.6 Å². The van der Waals surface area contributed by atoms with E-state index >= 15 is 0 Å². The minimum absolute atomic E-state index is 0.269. The molecule has 0 radical (unpaired) electrons. The Morgan fingerprint density at radius 1 is 1.10 bits per heavy atom.